The van der Waals surface area contributed by atoms with E-state index in [1.807, 2.05) is 10.9 Å². The SMILES string of the molecule is O=c1ccn2n1C(C1CC1)CCCC2. The maximum absolute atomic E-state index is 11.7. The maximum Gasteiger partial charge on any atom is 0.266 e. The minimum atomic E-state index is 0.198. The molecule has 1 aromatic heterocycles. The minimum absolute atomic E-state index is 0.198. The molecule has 0 spiro atoms. The summed E-state index contributed by atoms with van der Waals surface area (Å²) in [4.78, 5) is 11.7. The molecular weight excluding hydrogens is 176 g/mol. The normalized spacial score (nSPS) is 27.0. The van der Waals surface area contributed by atoms with Crippen LogP contribution in [-0.4, -0.2) is 9.36 Å². The van der Waals surface area contributed by atoms with Crippen LogP contribution in [0.1, 0.15) is 38.1 Å². The van der Waals surface area contributed by atoms with Gasteiger partial charge in [-0.1, -0.05) is 0 Å². The summed E-state index contributed by atoms with van der Waals surface area (Å²) >= 11 is 0. The highest BCUT2D eigenvalue weighted by molar-refractivity contribution is 4.93. The third-order valence-electron chi connectivity index (χ3n) is 3.51. The Morgan fingerprint density at radius 3 is 2.86 bits per heavy atom. The summed E-state index contributed by atoms with van der Waals surface area (Å²) < 4.78 is 4.13. The Labute approximate surface area is 83.3 Å². The predicted octanol–water partition coefficient (Wildman–Crippen LogP) is 1.78. The molecule has 14 heavy (non-hydrogen) atoms. The van der Waals surface area contributed by atoms with E-state index in [1.54, 1.807) is 6.07 Å². The summed E-state index contributed by atoms with van der Waals surface area (Å²) in [6.07, 6.45) is 8.29. The van der Waals surface area contributed by atoms with Crippen LogP contribution in [0.2, 0.25) is 0 Å². The fourth-order valence-corrected chi connectivity index (χ4v) is 2.63. The molecule has 2 aliphatic rings. The molecule has 3 heteroatoms. The fourth-order valence-electron chi connectivity index (χ4n) is 2.63. The van der Waals surface area contributed by atoms with Gasteiger partial charge in [0, 0.05) is 18.8 Å². The van der Waals surface area contributed by atoms with Gasteiger partial charge in [-0.15, -0.1) is 0 Å². The number of fused-ring (bicyclic) bond motifs is 1. The Balaban J connectivity index is 2.05. The topological polar surface area (TPSA) is 26.9 Å². The largest absolute Gasteiger partial charge is 0.290 e. The van der Waals surface area contributed by atoms with Crippen LogP contribution in [0.3, 0.4) is 0 Å². The average Bonchev–Trinajstić information content (AvgIpc) is 2.97. The molecule has 1 atom stereocenters. The summed E-state index contributed by atoms with van der Waals surface area (Å²) in [5.74, 6) is 0.791. The van der Waals surface area contributed by atoms with Gasteiger partial charge in [0.05, 0.1) is 6.04 Å². The van der Waals surface area contributed by atoms with E-state index in [2.05, 4.69) is 4.68 Å². The molecule has 0 radical (unpaired) electrons. The van der Waals surface area contributed by atoms with Crippen molar-refractivity contribution in [2.75, 3.05) is 0 Å². The van der Waals surface area contributed by atoms with E-state index in [4.69, 9.17) is 0 Å². The van der Waals surface area contributed by atoms with Crippen molar-refractivity contribution in [2.45, 2.75) is 44.7 Å². The summed E-state index contributed by atoms with van der Waals surface area (Å²) in [6.45, 7) is 1.02. The lowest BCUT2D eigenvalue weighted by Crippen LogP contribution is -2.27. The van der Waals surface area contributed by atoms with E-state index in [-0.39, 0.29) is 5.56 Å². The number of nitrogens with zero attached hydrogens (tertiary/aromatic N) is 2. The number of rotatable bonds is 1. The number of hydrogen-bond donors (Lipinski definition) is 0. The Morgan fingerprint density at radius 1 is 1.21 bits per heavy atom. The molecule has 3 nitrogen and oxygen atoms in total. The van der Waals surface area contributed by atoms with Crippen molar-refractivity contribution in [3.8, 4) is 0 Å². The van der Waals surface area contributed by atoms with Crippen LogP contribution in [0.4, 0.5) is 0 Å². The van der Waals surface area contributed by atoms with Gasteiger partial charge in [-0.2, -0.15) is 0 Å². The van der Waals surface area contributed by atoms with E-state index in [0.29, 0.717) is 6.04 Å². The van der Waals surface area contributed by atoms with Crippen molar-refractivity contribution in [2.24, 2.45) is 5.92 Å². The number of aromatic nitrogens is 2. The van der Waals surface area contributed by atoms with Crippen LogP contribution < -0.4 is 5.56 Å². The van der Waals surface area contributed by atoms with Gasteiger partial charge < -0.3 is 0 Å². The molecule has 1 aromatic rings. The zero-order valence-corrected chi connectivity index (χ0v) is 8.35. The molecular formula is C11H16N2O. The van der Waals surface area contributed by atoms with Gasteiger partial charge in [-0.05, 0) is 38.0 Å². The highest BCUT2D eigenvalue weighted by atomic mass is 16.1. The van der Waals surface area contributed by atoms with Gasteiger partial charge in [0.1, 0.15) is 0 Å². The van der Waals surface area contributed by atoms with Crippen LogP contribution >= 0.6 is 0 Å². The van der Waals surface area contributed by atoms with Gasteiger partial charge in [-0.25, -0.2) is 4.68 Å². The highest BCUT2D eigenvalue weighted by Crippen LogP contribution is 2.42. The van der Waals surface area contributed by atoms with Crippen molar-refractivity contribution in [1.29, 1.82) is 0 Å². The van der Waals surface area contributed by atoms with Gasteiger partial charge in [-0.3, -0.25) is 9.48 Å². The first-order chi connectivity index (χ1) is 6.86. The molecule has 0 amide bonds. The maximum atomic E-state index is 11.7. The molecule has 0 bridgehead atoms. The summed E-state index contributed by atoms with van der Waals surface area (Å²) in [7, 11) is 0. The van der Waals surface area contributed by atoms with Crippen molar-refractivity contribution >= 4 is 0 Å². The minimum Gasteiger partial charge on any atom is -0.290 e. The zero-order chi connectivity index (χ0) is 9.54. The van der Waals surface area contributed by atoms with Crippen LogP contribution in [0.5, 0.6) is 0 Å². The first-order valence-corrected chi connectivity index (χ1v) is 5.64. The number of aryl methyl sites for hydroxylation is 1. The smallest absolute Gasteiger partial charge is 0.266 e. The molecule has 1 fully saturated rings. The second-order valence-corrected chi connectivity index (χ2v) is 4.56. The molecule has 1 aliphatic heterocycles. The molecule has 0 aromatic carbocycles. The molecule has 1 unspecified atom stereocenters. The lowest BCUT2D eigenvalue weighted by atomic mass is 10.1. The third kappa shape index (κ3) is 1.22. The second-order valence-electron chi connectivity index (χ2n) is 4.56. The zero-order valence-electron chi connectivity index (χ0n) is 8.35. The first-order valence-electron chi connectivity index (χ1n) is 5.64. The lowest BCUT2D eigenvalue weighted by Gasteiger charge is -2.17. The van der Waals surface area contributed by atoms with Crippen LogP contribution in [-0.2, 0) is 6.54 Å². The Kier molecular flexibility index (Phi) is 1.79. The Hall–Kier alpha value is -0.990. The average molecular weight is 192 g/mol. The molecule has 2 heterocycles. The second kappa shape index (κ2) is 3.01. The van der Waals surface area contributed by atoms with Gasteiger partial charge in [0.2, 0.25) is 0 Å². The van der Waals surface area contributed by atoms with Gasteiger partial charge in [0.15, 0.2) is 0 Å². The lowest BCUT2D eigenvalue weighted by molar-refractivity contribution is 0.342. The molecule has 76 valence electrons. The van der Waals surface area contributed by atoms with Gasteiger partial charge >= 0.3 is 0 Å². The van der Waals surface area contributed by atoms with Crippen molar-refractivity contribution in [1.82, 2.24) is 9.36 Å². The fraction of sp³-hybridized carbons (Fsp3) is 0.727. The van der Waals surface area contributed by atoms with E-state index in [1.165, 1.54) is 32.1 Å². The van der Waals surface area contributed by atoms with E-state index >= 15 is 0 Å². The molecule has 1 aliphatic carbocycles. The van der Waals surface area contributed by atoms with Crippen LogP contribution in [0, 0.1) is 5.92 Å². The summed E-state index contributed by atoms with van der Waals surface area (Å²) in [5, 5.41) is 0. The molecule has 1 saturated carbocycles. The van der Waals surface area contributed by atoms with Crippen LogP contribution in [0.15, 0.2) is 17.1 Å². The first kappa shape index (κ1) is 8.33. The van der Waals surface area contributed by atoms with E-state index in [9.17, 15) is 4.79 Å². The quantitative estimate of drug-likeness (QED) is 0.666. The third-order valence-corrected chi connectivity index (χ3v) is 3.51. The summed E-state index contributed by atoms with van der Waals surface area (Å²) in [6, 6.07) is 2.21. The highest BCUT2D eigenvalue weighted by Gasteiger charge is 2.34. The van der Waals surface area contributed by atoms with Crippen molar-refractivity contribution in [3.05, 3.63) is 22.6 Å². The van der Waals surface area contributed by atoms with E-state index in [0.717, 1.165) is 12.5 Å². The molecule has 0 saturated heterocycles. The number of hydrogen-bond acceptors (Lipinski definition) is 1. The van der Waals surface area contributed by atoms with Gasteiger partial charge in [0.25, 0.3) is 5.56 Å². The van der Waals surface area contributed by atoms with E-state index < -0.39 is 0 Å². The van der Waals surface area contributed by atoms with Crippen molar-refractivity contribution < 1.29 is 0 Å². The monoisotopic (exact) mass is 192 g/mol. The summed E-state index contributed by atoms with van der Waals surface area (Å²) in [5.41, 5.74) is 0.198. The standard InChI is InChI=1S/C11H16N2O/c14-11-6-8-12-7-2-1-3-10(13(11)12)9-4-5-9/h6,8-10H,1-5,7H2. The predicted molar refractivity (Wildman–Crippen MR) is 54.3 cm³/mol. The Morgan fingerprint density at radius 2 is 2.07 bits per heavy atom. The molecule has 3 rings (SSSR count). The molecule has 0 N–H and O–H groups in total. The van der Waals surface area contributed by atoms with Crippen LogP contribution in [0.25, 0.3) is 0 Å². The Bertz CT molecular complexity index is 386. The van der Waals surface area contributed by atoms with Crippen molar-refractivity contribution in [3.63, 3.8) is 0 Å².